The summed E-state index contributed by atoms with van der Waals surface area (Å²) >= 11 is 0. The Morgan fingerprint density at radius 1 is 1.25 bits per heavy atom. The second kappa shape index (κ2) is 5.75. The number of anilines is 1. The van der Waals surface area contributed by atoms with Crippen molar-refractivity contribution in [1.29, 1.82) is 0 Å². The fourth-order valence-electron chi connectivity index (χ4n) is 2.66. The van der Waals surface area contributed by atoms with Crippen LogP contribution in [0.5, 0.6) is 0 Å². The predicted octanol–water partition coefficient (Wildman–Crippen LogP) is 2.04. The average Bonchev–Trinajstić information content (AvgIpc) is 3.20. The van der Waals surface area contributed by atoms with Gasteiger partial charge in [0.25, 0.3) is 0 Å². The number of hydrogen-bond acceptors (Lipinski definition) is 4. The molecule has 2 fully saturated rings. The zero-order chi connectivity index (χ0) is 13.9. The molecule has 2 amide bonds. The Hall–Kier alpha value is -1.69. The molecule has 0 unspecified atom stereocenters. The van der Waals surface area contributed by atoms with Crippen LogP contribution in [0.3, 0.4) is 0 Å². The molecule has 1 aromatic rings. The number of carbonyl (C=O) groups is 1. The summed E-state index contributed by atoms with van der Waals surface area (Å²) in [6.07, 6.45) is 8.85. The lowest BCUT2D eigenvalue weighted by molar-refractivity contribution is 0.0882. The second-order valence-electron chi connectivity index (χ2n) is 5.51. The molecular weight excluding hydrogens is 256 g/mol. The Morgan fingerprint density at radius 3 is 2.65 bits per heavy atom. The zero-order valence-electron chi connectivity index (χ0n) is 11.6. The summed E-state index contributed by atoms with van der Waals surface area (Å²) in [5.41, 5.74) is 0.624. The molecule has 6 nitrogen and oxygen atoms in total. The maximum absolute atomic E-state index is 11.9. The minimum absolute atomic E-state index is 0.0895. The predicted molar refractivity (Wildman–Crippen MR) is 74.6 cm³/mol. The van der Waals surface area contributed by atoms with Gasteiger partial charge in [0.05, 0.1) is 30.2 Å². The number of urea groups is 1. The van der Waals surface area contributed by atoms with Crippen molar-refractivity contribution in [2.45, 2.75) is 50.2 Å². The van der Waals surface area contributed by atoms with Crippen LogP contribution in [0.4, 0.5) is 10.5 Å². The van der Waals surface area contributed by atoms with E-state index in [0.717, 1.165) is 25.1 Å². The van der Waals surface area contributed by atoms with Gasteiger partial charge in [0, 0.05) is 13.0 Å². The number of rotatable bonds is 4. The Morgan fingerprint density at radius 2 is 2.00 bits per heavy atom. The largest absolute Gasteiger partial charge is 0.379 e. The lowest BCUT2D eigenvalue weighted by atomic mass is 10.2. The molecule has 1 aromatic heterocycles. The van der Waals surface area contributed by atoms with Gasteiger partial charge >= 0.3 is 6.03 Å². The maximum atomic E-state index is 11.9. The van der Waals surface area contributed by atoms with Crippen molar-refractivity contribution in [3.05, 3.63) is 18.2 Å². The molecule has 2 atom stereocenters. The monoisotopic (exact) mass is 276 g/mol. The van der Waals surface area contributed by atoms with Crippen LogP contribution >= 0.6 is 0 Å². The van der Waals surface area contributed by atoms with Gasteiger partial charge in [0.1, 0.15) is 5.82 Å². The van der Waals surface area contributed by atoms with Crippen LogP contribution < -0.4 is 10.6 Å². The number of amides is 2. The molecule has 0 aliphatic heterocycles. The molecule has 2 saturated carbocycles. The van der Waals surface area contributed by atoms with E-state index in [1.165, 1.54) is 12.8 Å². The van der Waals surface area contributed by atoms with E-state index in [1.54, 1.807) is 19.5 Å². The Labute approximate surface area is 118 Å². The molecule has 0 spiro atoms. The highest BCUT2D eigenvalue weighted by atomic mass is 16.5. The fraction of sp³-hybridized carbons (Fsp3) is 0.643. The van der Waals surface area contributed by atoms with E-state index < -0.39 is 0 Å². The van der Waals surface area contributed by atoms with Crippen molar-refractivity contribution >= 4 is 11.7 Å². The van der Waals surface area contributed by atoms with Crippen molar-refractivity contribution in [1.82, 2.24) is 15.3 Å². The molecule has 108 valence electrons. The van der Waals surface area contributed by atoms with Crippen LogP contribution in [0.2, 0.25) is 0 Å². The molecule has 0 saturated heterocycles. The third-order valence-corrected chi connectivity index (χ3v) is 3.94. The molecule has 6 heteroatoms. The van der Waals surface area contributed by atoms with Crippen molar-refractivity contribution in [3.63, 3.8) is 0 Å². The van der Waals surface area contributed by atoms with Gasteiger partial charge < -0.3 is 15.4 Å². The van der Waals surface area contributed by atoms with Gasteiger partial charge in [-0.25, -0.2) is 14.8 Å². The van der Waals surface area contributed by atoms with Gasteiger partial charge in [0.2, 0.25) is 0 Å². The number of nitrogens with zero attached hydrogens (tertiary/aromatic N) is 2. The summed E-state index contributed by atoms with van der Waals surface area (Å²) in [6, 6.07) is -0.131. The number of hydrogen-bond donors (Lipinski definition) is 2. The molecule has 2 aliphatic rings. The Kier molecular flexibility index (Phi) is 3.82. The first-order valence-corrected chi connectivity index (χ1v) is 7.18. The summed E-state index contributed by atoms with van der Waals surface area (Å²) < 4.78 is 5.36. The first-order chi connectivity index (χ1) is 9.76. The van der Waals surface area contributed by atoms with E-state index in [1.807, 2.05) is 0 Å². The Bertz CT molecular complexity index is 473. The summed E-state index contributed by atoms with van der Waals surface area (Å²) in [5, 5.41) is 5.72. The Balaban J connectivity index is 1.52. The lowest BCUT2D eigenvalue weighted by Crippen LogP contribution is -2.42. The van der Waals surface area contributed by atoms with Crippen molar-refractivity contribution in [2.24, 2.45) is 0 Å². The average molecular weight is 276 g/mol. The molecule has 20 heavy (non-hydrogen) atoms. The summed E-state index contributed by atoms with van der Waals surface area (Å²) in [5.74, 6) is 1.41. The molecule has 2 aliphatic carbocycles. The topological polar surface area (TPSA) is 76.1 Å². The van der Waals surface area contributed by atoms with Gasteiger partial charge in [-0.1, -0.05) is 0 Å². The standard InChI is InChI=1S/C14H20N4O2/c1-20-12-4-2-3-11(12)18-14(19)17-10-7-15-13(16-8-10)9-5-6-9/h7-9,11-12H,2-6H2,1H3,(H2,17,18,19)/t11-,12+/m1/s1. The SMILES string of the molecule is CO[C@H]1CCC[C@H]1NC(=O)Nc1cnc(C2CC2)nc1. The van der Waals surface area contributed by atoms with Crippen LogP contribution in [0.1, 0.15) is 43.8 Å². The number of methoxy groups -OCH3 is 1. The van der Waals surface area contributed by atoms with Gasteiger partial charge in [-0.3, -0.25) is 0 Å². The van der Waals surface area contributed by atoms with Crippen LogP contribution in [0.15, 0.2) is 12.4 Å². The molecule has 3 rings (SSSR count). The minimum Gasteiger partial charge on any atom is -0.379 e. The first-order valence-electron chi connectivity index (χ1n) is 7.18. The highest BCUT2D eigenvalue weighted by Gasteiger charge is 2.28. The molecule has 0 aromatic carbocycles. The van der Waals surface area contributed by atoms with Crippen molar-refractivity contribution < 1.29 is 9.53 Å². The van der Waals surface area contributed by atoms with E-state index >= 15 is 0 Å². The van der Waals surface area contributed by atoms with Crippen molar-refractivity contribution in [2.75, 3.05) is 12.4 Å². The van der Waals surface area contributed by atoms with Crippen LogP contribution in [0, 0.1) is 0 Å². The van der Waals surface area contributed by atoms with E-state index in [-0.39, 0.29) is 18.2 Å². The van der Waals surface area contributed by atoms with E-state index in [0.29, 0.717) is 11.6 Å². The van der Waals surface area contributed by atoms with E-state index in [4.69, 9.17) is 4.74 Å². The van der Waals surface area contributed by atoms with E-state index in [2.05, 4.69) is 20.6 Å². The third kappa shape index (κ3) is 3.07. The quantitative estimate of drug-likeness (QED) is 0.882. The number of aromatic nitrogens is 2. The zero-order valence-corrected chi connectivity index (χ0v) is 11.6. The molecule has 2 N–H and O–H groups in total. The smallest absolute Gasteiger partial charge is 0.319 e. The maximum Gasteiger partial charge on any atom is 0.319 e. The highest BCUT2D eigenvalue weighted by molar-refractivity contribution is 5.89. The normalized spacial score (nSPS) is 25.4. The second-order valence-corrected chi connectivity index (χ2v) is 5.51. The molecule has 1 heterocycles. The number of nitrogens with one attached hydrogen (secondary N) is 2. The van der Waals surface area contributed by atoms with E-state index in [9.17, 15) is 4.79 Å². The van der Waals surface area contributed by atoms with Crippen LogP contribution in [0.25, 0.3) is 0 Å². The number of carbonyl (C=O) groups excluding carboxylic acids is 1. The molecule has 0 bridgehead atoms. The third-order valence-electron chi connectivity index (χ3n) is 3.94. The summed E-state index contributed by atoms with van der Waals surface area (Å²) in [7, 11) is 1.69. The first kappa shape index (κ1) is 13.3. The number of ether oxygens (including phenoxy) is 1. The lowest BCUT2D eigenvalue weighted by Gasteiger charge is -2.19. The molecular formula is C14H20N4O2. The summed E-state index contributed by atoms with van der Waals surface area (Å²) in [6.45, 7) is 0. The van der Waals surface area contributed by atoms with Crippen molar-refractivity contribution in [3.8, 4) is 0 Å². The highest BCUT2D eigenvalue weighted by Crippen LogP contribution is 2.37. The van der Waals surface area contributed by atoms with Gasteiger partial charge in [-0.05, 0) is 32.1 Å². The van der Waals surface area contributed by atoms with Crippen LogP contribution in [-0.4, -0.2) is 35.3 Å². The van der Waals surface area contributed by atoms with Crippen LogP contribution in [-0.2, 0) is 4.74 Å². The van der Waals surface area contributed by atoms with Gasteiger partial charge in [0.15, 0.2) is 0 Å². The van der Waals surface area contributed by atoms with Gasteiger partial charge in [-0.2, -0.15) is 0 Å². The minimum atomic E-state index is -0.221. The fourth-order valence-corrected chi connectivity index (χ4v) is 2.66. The summed E-state index contributed by atoms with van der Waals surface area (Å²) in [4.78, 5) is 20.5. The molecule has 0 radical (unpaired) electrons. The van der Waals surface area contributed by atoms with Gasteiger partial charge in [-0.15, -0.1) is 0 Å².